The third-order valence-electron chi connectivity index (χ3n) is 4.20. The normalized spacial score (nSPS) is 22.0. The van der Waals surface area contributed by atoms with Crippen LogP contribution in [-0.2, 0) is 20.9 Å². The summed E-state index contributed by atoms with van der Waals surface area (Å²) in [7, 11) is 0. The first kappa shape index (κ1) is 17.3. The summed E-state index contributed by atoms with van der Waals surface area (Å²) in [6.45, 7) is 3.89. The molecule has 0 unspecified atom stereocenters. The molecule has 0 saturated heterocycles. The fraction of sp³-hybridized carbons (Fsp3) is 0.556. The van der Waals surface area contributed by atoms with Crippen LogP contribution < -0.4 is 5.32 Å². The molecule has 1 aliphatic carbocycles. The van der Waals surface area contributed by atoms with Crippen LogP contribution in [0.4, 0.5) is 4.79 Å². The third kappa shape index (κ3) is 5.58. The van der Waals surface area contributed by atoms with Gasteiger partial charge < -0.3 is 14.8 Å². The van der Waals surface area contributed by atoms with Crippen molar-refractivity contribution >= 4 is 12.1 Å². The van der Waals surface area contributed by atoms with Crippen LogP contribution in [0, 0.1) is 5.92 Å². The Hall–Kier alpha value is -2.04. The van der Waals surface area contributed by atoms with E-state index in [9.17, 15) is 9.59 Å². The molecule has 1 amide bonds. The van der Waals surface area contributed by atoms with Gasteiger partial charge in [-0.3, -0.25) is 0 Å². The molecule has 1 saturated carbocycles. The SMILES string of the molecule is C[C@@H]1CCCC[C@H]1OC(=O)[C@@H](C)NC(=O)OCc1ccccc1. The lowest BCUT2D eigenvalue weighted by Gasteiger charge is -2.29. The van der Waals surface area contributed by atoms with Crippen molar-refractivity contribution in [1.29, 1.82) is 0 Å². The van der Waals surface area contributed by atoms with Crippen LogP contribution in [0.3, 0.4) is 0 Å². The van der Waals surface area contributed by atoms with E-state index in [4.69, 9.17) is 9.47 Å². The average molecular weight is 319 g/mol. The topological polar surface area (TPSA) is 64.6 Å². The van der Waals surface area contributed by atoms with Gasteiger partial charge in [0.15, 0.2) is 0 Å². The first-order valence-electron chi connectivity index (χ1n) is 8.24. The summed E-state index contributed by atoms with van der Waals surface area (Å²) in [6.07, 6.45) is 3.60. The highest BCUT2D eigenvalue weighted by Crippen LogP contribution is 2.26. The van der Waals surface area contributed by atoms with E-state index in [2.05, 4.69) is 12.2 Å². The number of esters is 1. The highest BCUT2D eigenvalue weighted by atomic mass is 16.6. The van der Waals surface area contributed by atoms with Crippen LogP contribution in [0.2, 0.25) is 0 Å². The predicted molar refractivity (Wildman–Crippen MR) is 86.7 cm³/mol. The minimum absolute atomic E-state index is 0.0409. The highest BCUT2D eigenvalue weighted by molar-refractivity contribution is 5.81. The Labute approximate surface area is 137 Å². The lowest BCUT2D eigenvalue weighted by molar-refractivity contribution is -0.155. The van der Waals surface area contributed by atoms with Gasteiger partial charge in [0.1, 0.15) is 18.8 Å². The van der Waals surface area contributed by atoms with Crippen molar-refractivity contribution in [3.8, 4) is 0 Å². The summed E-state index contributed by atoms with van der Waals surface area (Å²) in [5.41, 5.74) is 0.897. The van der Waals surface area contributed by atoms with Crippen molar-refractivity contribution < 1.29 is 19.1 Å². The van der Waals surface area contributed by atoms with Crippen molar-refractivity contribution in [1.82, 2.24) is 5.32 Å². The third-order valence-corrected chi connectivity index (χ3v) is 4.20. The van der Waals surface area contributed by atoms with Gasteiger partial charge >= 0.3 is 12.1 Å². The maximum Gasteiger partial charge on any atom is 0.408 e. The molecule has 0 heterocycles. The zero-order valence-electron chi connectivity index (χ0n) is 13.8. The maximum atomic E-state index is 12.1. The summed E-state index contributed by atoms with van der Waals surface area (Å²) in [5.74, 6) is -0.0228. The maximum absolute atomic E-state index is 12.1. The number of nitrogens with one attached hydrogen (secondary N) is 1. The summed E-state index contributed by atoms with van der Waals surface area (Å²) in [5, 5.41) is 2.52. The fourth-order valence-corrected chi connectivity index (χ4v) is 2.71. The van der Waals surface area contributed by atoms with Crippen LogP contribution >= 0.6 is 0 Å². The van der Waals surface area contributed by atoms with Crippen LogP contribution in [0.25, 0.3) is 0 Å². The van der Waals surface area contributed by atoms with E-state index in [0.717, 1.165) is 24.8 Å². The van der Waals surface area contributed by atoms with Gasteiger partial charge in [-0.25, -0.2) is 9.59 Å². The second kappa shape index (κ2) is 8.56. The number of hydrogen-bond donors (Lipinski definition) is 1. The molecule has 3 atom stereocenters. The molecule has 0 aliphatic heterocycles. The number of alkyl carbamates (subject to hydrolysis) is 1. The van der Waals surface area contributed by atoms with Crippen molar-refractivity contribution in [2.45, 2.75) is 58.3 Å². The molecule has 23 heavy (non-hydrogen) atoms. The van der Waals surface area contributed by atoms with Gasteiger partial charge in [0.2, 0.25) is 0 Å². The zero-order chi connectivity index (χ0) is 16.7. The molecule has 0 bridgehead atoms. The van der Waals surface area contributed by atoms with Gasteiger partial charge in [0, 0.05) is 0 Å². The average Bonchev–Trinajstić information content (AvgIpc) is 2.56. The summed E-state index contributed by atoms with van der Waals surface area (Å²) >= 11 is 0. The van der Waals surface area contributed by atoms with Crippen LogP contribution in [0.1, 0.15) is 45.1 Å². The Balaban J connectivity index is 1.73. The van der Waals surface area contributed by atoms with E-state index in [0.29, 0.717) is 5.92 Å². The Kier molecular flexibility index (Phi) is 6.44. The number of benzene rings is 1. The second-order valence-electron chi connectivity index (χ2n) is 6.16. The summed E-state index contributed by atoms with van der Waals surface area (Å²) in [4.78, 5) is 23.8. The van der Waals surface area contributed by atoms with Gasteiger partial charge in [0.05, 0.1) is 0 Å². The number of carbonyl (C=O) groups excluding carboxylic acids is 2. The molecule has 1 aromatic rings. The summed E-state index contributed by atoms with van der Waals surface area (Å²) < 4.78 is 10.6. The van der Waals surface area contributed by atoms with E-state index in [1.54, 1.807) is 6.92 Å². The molecule has 1 aromatic carbocycles. The Bertz CT molecular complexity index is 517. The Morgan fingerprint density at radius 2 is 1.91 bits per heavy atom. The van der Waals surface area contributed by atoms with Gasteiger partial charge in [-0.2, -0.15) is 0 Å². The minimum Gasteiger partial charge on any atom is -0.461 e. The van der Waals surface area contributed by atoms with E-state index in [1.165, 1.54) is 6.42 Å². The van der Waals surface area contributed by atoms with Gasteiger partial charge in [-0.05, 0) is 37.7 Å². The van der Waals surface area contributed by atoms with Crippen molar-refractivity contribution in [2.24, 2.45) is 5.92 Å². The van der Waals surface area contributed by atoms with Crippen molar-refractivity contribution in [2.75, 3.05) is 0 Å². The number of hydrogen-bond acceptors (Lipinski definition) is 4. The Morgan fingerprint density at radius 1 is 1.22 bits per heavy atom. The standard InChI is InChI=1S/C18H25NO4/c1-13-8-6-7-11-16(13)23-17(20)14(2)19-18(21)22-12-15-9-4-3-5-10-15/h3-5,9-10,13-14,16H,6-8,11-12H2,1-2H3,(H,19,21)/t13-,14-,16-/m1/s1. The molecule has 1 N–H and O–H groups in total. The number of ether oxygens (including phenoxy) is 2. The molecule has 1 aliphatic rings. The minimum atomic E-state index is -0.715. The summed E-state index contributed by atoms with van der Waals surface area (Å²) in [6, 6.07) is 8.68. The smallest absolute Gasteiger partial charge is 0.408 e. The molecule has 0 aromatic heterocycles. The molecule has 0 spiro atoms. The molecule has 5 nitrogen and oxygen atoms in total. The second-order valence-corrected chi connectivity index (χ2v) is 6.16. The Morgan fingerprint density at radius 3 is 2.61 bits per heavy atom. The zero-order valence-corrected chi connectivity index (χ0v) is 13.8. The van der Waals surface area contributed by atoms with Crippen LogP contribution in [0.5, 0.6) is 0 Å². The van der Waals surface area contributed by atoms with E-state index in [-0.39, 0.29) is 12.7 Å². The number of carbonyl (C=O) groups is 2. The molecular weight excluding hydrogens is 294 g/mol. The largest absolute Gasteiger partial charge is 0.461 e. The molecule has 126 valence electrons. The fourth-order valence-electron chi connectivity index (χ4n) is 2.71. The van der Waals surface area contributed by atoms with E-state index >= 15 is 0 Å². The first-order valence-corrected chi connectivity index (χ1v) is 8.24. The molecule has 5 heteroatoms. The van der Waals surface area contributed by atoms with E-state index < -0.39 is 18.1 Å². The lowest BCUT2D eigenvalue weighted by atomic mass is 9.88. The number of amides is 1. The monoisotopic (exact) mass is 319 g/mol. The molecule has 0 radical (unpaired) electrons. The van der Waals surface area contributed by atoms with Gasteiger partial charge in [-0.15, -0.1) is 0 Å². The van der Waals surface area contributed by atoms with Gasteiger partial charge in [-0.1, -0.05) is 43.7 Å². The predicted octanol–water partition coefficient (Wildman–Crippen LogP) is 3.42. The quantitative estimate of drug-likeness (QED) is 0.845. The highest BCUT2D eigenvalue weighted by Gasteiger charge is 2.27. The molecule has 2 rings (SSSR count). The van der Waals surface area contributed by atoms with Crippen molar-refractivity contribution in [3.63, 3.8) is 0 Å². The van der Waals surface area contributed by atoms with Crippen LogP contribution in [0.15, 0.2) is 30.3 Å². The van der Waals surface area contributed by atoms with Crippen molar-refractivity contribution in [3.05, 3.63) is 35.9 Å². The van der Waals surface area contributed by atoms with Gasteiger partial charge in [0.25, 0.3) is 0 Å². The van der Waals surface area contributed by atoms with E-state index in [1.807, 2.05) is 30.3 Å². The number of rotatable bonds is 5. The molecule has 1 fully saturated rings. The first-order chi connectivity index (χ1) is 11.1. The molecular formula is C18H25NO4. The lowest BCUT2D eigenvalue weighted by Crippen LogP contribution is -2.42. The van der Waals surface area contributed by atoms with Crippen LogP contribution in [-0.4, -0.2) is 24.2 Å².